The number of carbonyl (C=O) groups excluding carboxylic acids is 1. The van der Waals surface area contributed by atoms with Gasteiger partial charge in [0.2, 0.25) is 5.91 Å². The Hall–Kier alpha value is -3.68. The van der Waals surface area contributed by atoms with Crippen molar-refractivity contribution < 1.29 is 50.9 Å². The lowest BCUT2D eigenvalue weighted by atomic mass is 9.91. The quantitative estimate of drug-likeness (QED) is 0.449. The third kappa shape index (κ3) is 8.93. The first-order valence-corrected chi connectivity index (χ1v) is 11.9. The molecule has 0 saturated carbocycles. The molecule has 0 spiro atoms. The van der Waals surface area contributed by atoms with E-state index in [-0.39, 0.29) is 17.4 Å². The predicted octanol–water partition coefficient (Wildman–Crippen LogP) is 4.78. The van der Waals surface area contributed by atoms with Crippen LogP contribution in [0.15, 0.2) is 48.8 Å². The number of pyridine rings is 1. The SMILES string of the molecule is CC(C)(C)C(=O)N[C@@H]1c2ccccc2[C@@H]2CN(Cc3ccncc3)C[C@H]12.O=C(O)C(F)(F)F.O=C(O)C(F)(F)F. The van der Waals surface area contributed by atoms with E-state index < -0.39 is 24.3 Å². The molecule has 2 heterocycles. The molecule has 40 heavy (non-hydrogen) atoms. The number of carboxylic acids is 2. The fraction of sp³-hybridized carbons (Fsp3) is 0.462. The minimum Gasteiger partial charge on any atom is -0.475 e. The second kappa shape index (κ2) is 12.7. The number of hydrogen-bond acceptors (Lipinski definition) is 5. The molecule has 2 aliphatic rings. The standard InChI is InChI=1S/C22H27N3O.2C2HF3O2/c1-22(2,3)21(26)24-20-17-7-5-4-6-16(17)18-13-25(14-19(18)20)12-15-8-10-23-11-9-15;2*3-2(4,5)1(6)7/h4-11,18-20H,12-14H2,1-3H3,(H,24,26);2*(H,6,7)/t18-,19-,20+;;/m0../s1. The molecule has 1 aromatic carbocycles. The zero-order chi connectivity index (χ0) is 30.5. The Morgan fingerprint density at radius 2 is 1.35 bits per heavy atom. The number of nitrogens with zero attached hydrogens (tertiary/aromatic N) is 2. The molecular formula is C26H29F6N3O5. The number of nitrogens with one attached hydrogen (secondary N) is 1. The van der Waals surface area contributed by atoms with E-state index in [9.17, 15) is 31.1 Å². The lowest BCUT2D eigenvalue weighted by Crippen LogP contribution is -2.40. The zero-order valence-corrected chi connectivity index (χ0v) is 21.8. The van der Waals surface area contributed by atoms with Crippen molar-refractivity contribution in [3.05, 3.63) is 65.5 Å². The third-order valence-corrected chi connectivity index (χ3v) is 6.21. The van der Waals surface area contributed by atoms with Crippen LogP contribution < -0.4 is 5.32 Å². The van der Waals surface area contributed by atoms with Crippen LogP contribution in [0.25, 0.3) is 0 Å². The van der Waals surface area contributed by atoms with Gasteiger partial charge in [0, 0.05) is 49.3 Å². The number of fused-ring (bicyclic) bond motifs is 3. The summed E-state index contributed by atoms with van der Waals surface area (Å²) in [6, 6.07) is 12.9. The Morgan fingerprint density at radius 1 is 0.875 bits per heavy atom. The van der Waals surface area contributed by atoms with E-state index in [0.717, 1.165) is 19.6 Å². The smallest absolute Gasteiger partial charge is 0.475 e. The lowest BCUT2D eigenvalue weighted by Gasteiger charge is -2.26. The van der Waals surface area contributed by atoms with E-state index >= 15 is 0 Å². The Kier molecular flexibility index (Phi) is 10.3. The van der Waals surface area contributed by atoms with Crippen LogP contribution in [0.5, 0.6) is 0 Å². The summed E-state index contributed by atoms with van der Waals surface area (Å²) in [7, 11) is 0. The first-order valence-electron chi connectivity index (χ1n) is 11.9. The molecule has 4 rings (SSSR count). The second-order valence-electron chi connectivity index (χ2n) is 10.3. The van der Waals surface area contributed by atoms with Gasteiger partial charge in [-0.25, -0.2) is 9.59 Å². The van der Waals surface area contributed by atoms with E-state index in [1.165, 1.54) is 16.7 Å². The molecule has 3 atom stereocenters. The maximum absolute atomic E-state index is 12.7. The van der Waals surface area contributed by atoms with Crippen molar-refractivity contribution in [2.75, 3.05) is 13.1 Å². The summed E-state index contributed by atoms with van der Waals surface area (Å²) in [5, 5.41) is 17.6. The van der Waals surface area contributed by atoms with Crippen molar-refractivity contribution in [3.8, 4) is 0 Å². The highest BCUT2D eigenvalue weighted by Crippen LogP contribution is 2.49. The van der Waals surface area contributed by atoms with Crippen LogP contribution in [0, 0.1) is 11.3 Å². The summed E-state index contributed by atoms with van der Waals surface area (Å²) >= 11 is 0. The van der Waals surface area contributed by atoms with Crippen LogP contribution >= 0.6 is 0 Å². The molecule has 1 aliphatic heterocycles. The van der Waals surface area contributed by atoms with E-state index in [1.807, 2.05) is 33.2 Å². The predicted molar refractivity (Wildman–Crippen MR) is 130 cm³/mol. The normalized spacial score (nSPS) is 20.2. The number of carbonyl (C=O) groups is 3. The number of carboxylic acid groups (broad SMARTS) is 2. The van der Waals surface area contributed by atoms with Crippen molar-refractivity contribution in [2.45, 2.75) is 51.6 Å². The van der Waals surface area contributed by atoms with Crippen LogP contribution in [0.2, 0.25) is 0 Å². The van der Waals surface area contributed by atoms with Crippen molar-refractivity contribution in [1.82, 2.24) is 15.2 Å². The lowest BCUT2D eigenvalue weighted by molar-refractivity contribution is -0.193. The minimum absolute atomic E-state index is 0.116. The average Bonchev–Trinajstić information content (AvgIpc) is 3.36. The van der Waals surface area contributed by atoms with Gasteiger partial charge in [0.1, 0.15) is 0 Å². The Bertz CT molecular complexity index is 1160. The highest BCUT2D eigenvalue weighted by molar-refractivity contribution is 5.82. The van der Waals surface area contributed by atoms with Crippen LogP contribution in [0.1, 0.15) is 49.4 Å². The summed E-state index contributed by atoms with van der Waals surface area (Å²) in [6.45, 7) is 8.93. The highest BCUT2D eigenvalue weighted by atomic mass is 19.4. The molecule has 2 aromatic rings. The van der Waals surface area contributed by atoms with Crippen LogP contribution in [0.4, 0.5) is 26.3 Å². The van der Waals surface area contributed by atoms with Crippen molar-refractivity contribution in [1.29, 1.82) is 0 Å². The first-order chi connectivity index (χ1) is 18.3. The van der Waals surface area contributed by atoms with Gasteiger partial charge in [0.15, 0.2) is 0 Å². The molecule has 14 heteroatoms. The van der Waals surface area contributed by atoms with Gasteiger partial charge in [-0.15, -0.1) is 0 Å². The highest BCUT2D eigenvalue weighted by Gasteiger charge is 2.47. The van der Waals surface area contributed by atoms with Crippen LogP contribution in [0.3, 0.4) is 0 Å². The van der Waals surface area contributed by atoms with Gasteiger partial charge in [0.05, 0.1) is 6.04 Å². The number of aromatic nitrogens is 1. The summed E-state index contributed by atoms with van der Waals surface area (Å²) in [5.74, 6) is -4.44. The molecule has 1 fully saturated rings. The van der Waals surface area contributed by atoms with E-state index in [4.69, 9.17) is 19.8 Å². The fourth-order valence-electron chi connectivity index (χ4n) is 4.36. The van der Waals surface area contributed by atoms with Crippen molar-refractivity contribution in [3.63, 3.8) is 0 Å². The van der Waals surface area contributed by atoms with Crippen molar-refractivity contribution in [2.24, 2.45) is 11.3 Å². The van der Waals surface area contributed by atoms with E-state index in [1.54, 1.807) is 0 Å². The third-order valence-electron chi connectivity index (χ3n) is 6.21. The van der Waals surface area contributed by atoms with Crippen LogP contribution in [-0.4, -0.2) is 63.4 Å². The Labute approximate surface area is 226 Å². The summed E-state index contributed by atoms with van der Waals surface area (Å²) < 4.78 is 63.5. The van der Waals surface area contributed by atoms with Gasteiger partial charge < -0.3 is 15.5 Å². The van der Waals surface area contributed by atoms with Gasteiger partial charge in [0.25, 0.3) is 0 Å². The fourth-order valence-corrected chi connectivity index (χ4v) is 4.36. The largest absolute Gasteiger partial charge is 0.490 e. The summed E-state index contributed by atoms with van der Waals surface area (Å²) in [5.41, 5.74) is 3.64. The topological polar surface area (TPSA) is 120 Å². The number of halogens is 6. The second-order valence-corrected chi connectivity index (χ2v) is 10.3. The molecule has 0 radical (unpaired) electrons. The summed E-state index contributed by atoms with van der Waals surface area (Å²) in [4.78, 5) is 37.1. The van der Waals surface area contributed by atoms with E-state index in [2.05, 4.69) is 51.6 Å². The Balaban J connectivity index is 0.000000333. The molecule has 8 nitrogen and oxygen atoms in total. The minimum atomic E-state index is -5.08. The number of benzene rings is 1. The number of likely N-dealkylation sites (tertiary alicyclic amines) is 1. The van der Waals surface area contributed by atoms with Gasteiger partial charge in [-0.1, -0.05) is 45.0 Å². The number of alkyl halides is 6. The van der Waals surface area contributed by atoms with Crippen LogP contribution in [-0.2, 0) is 20.9 Å². The molecule has 220 valence electrons. The number of amides is 1. The van der Waals surface area contributed by atoms with Crippen molar-refractivity contribution >= 4 is 17.8 Å². The molecule has 1 amide bonds. The van der Waals surface area contributed by atoms with E-state index in [0.29, 0.717) is 11.8 Å². The number of hydrogen-bond donors (Lipinski definition) is 3. The molecule has 0 bridgehead atoms. The molecule has 1 aromatic heterocycles. The molecule has 3 N–H and O–H groups in total. The average molecular weight is 578 g/mol. The number of aliphatic carboxylic acids is 2. The molecule has 0 unspecified atom stereocenters. The first kappa shape index (κ1) is 32.5. The maximum Gasteiger partial charge on any atom is 0.490 e. The van der Waals surface area contributed by atoms with Gasteiger partial charge in [-0.3, -0.25) is 14.7 Å². The summed E-state index contributed by atoms with van der Waals surface area (Å²) in [6.07, 6.45) is -6.46. The zero-order valence-electron chi connectivity index (χ0n) is 21.8. The maximum atomic E-state index is 12.7. The molecule has 1 aliphatic carbocycles. The Morgan fingerprint density at radius 3 is 1.80 bits per heavy atom. The van der Waals surface area contributed by atoms with Gasteiger partial charge >= 0.3 is 24.3 Å². The van der Waals surface area contributed by atoms with Gasteiger partial charge in [-0.2, -0.15) is 26.3 Å². The molecular weight excluding hydrogens is 548 g/mol. The monoisotopic (exact) mass is 577 g/mol. The number of rotatable bonds is 3. The van der Waals surface area contributed by atoms with Gasteiger partial charge in [-0.05, 0) is 28.8 Å². The molecule has 1 saturated heterocycles.